The lowest BCUT2D eigenvalue weighted by molar-refractivity contribution is 0.103. The first-order chi connectivity index (χ1) is 9.72. The summed E-state index contributed by atoms with van der Waals surface area (Å²) in [6, 6.07) is 13.1. The van der Waals surface area contributed by atoms with Crippen molar-refractivity contribution in [2.75, 3.05) is 12.8 Å². The summed E-state index contributed by atoms with van der Waals surface area (Å²) in [5.74, 6) is 0.374. The molecular weight excluding hydrogens is 270 g/mol. The monoisotopic (exact) mass is 283 g/mol. The van der Waals surface area contributed by atoms with Gasteiger partial charge in [0.2, 0.25) is 0 Å². The molecule has 3 rings (SSSR count). The number of fused-ring (bicyclic) bond motifs is 1. The third kappa shape index (κ3) is 1.94. The van der Waals surface area contributed by atoms with Crippen LogP contribution in [-0.2, 0) is 0 Å². The quantitative estimate of drug-likeness (QED) is 0.588. The Bertz CT molecular complexity index is 792. The van der Waals surface area contributed by atoms with Crippen LogP contribution in [0, 0.1) is 0 Å². The smallest absolute Gasteiger partial charge is 0.198 e. The third-order valence-electron chi connectivity index (χ3n) is 3.22. The van der Waals surface area contributed by atoms with E-state index in [2.05, 4.69) is 0 Å². The van der Waals surface area contributed by atoms with Gasteiger partial charge >= 0.3 is 0 Å². The molecule has 2 N–H and O–H groups in total. The van der Waals surface area contributed by atoms with Crippen molar-refractivity contribution < 1.29 is 9.53 Å². The Morgan fingerprint density at radius 2 is 1.90 bits per heavy atom. The molecule has 0 unspecified atom stereocenters. The summed E-state index contributed by atoms with van der Waals surface area (Å²) in [6.07, 6.45) is 0. The first-order valence-corrected chi connectivity index (χ1v) is 7.03. The van der Waals surface area contributed by atoms with E-state index in [1.165, 1.54) is 7.11 Å². The number of thiophene rings is 1. The number of rotatable bonds is 3. The van der Waals surface area contributed by atoms with E-state index in [-0.39, 0.29) is 5.78 Å². The summed E-state index contributed by atoms with van der Waals surface area (Å²) in [7, 11) is 1.52. The highest BCUT2D eigenvalue weighted by Gasteiger charge is 2.19. The number of benzene rings is 2. The summed E-state index contributed by atoms with van der Waals surface area (Å²) in [5, 5.41) is 2.85. The van der Waals surface area contributed by atoms with E-state index < -0.39 is 0 Å². The lowest BCUT2D eigenvalue weighted by Crippen LogP contribution is -2.05. The fraction of sp³-hybridized carbons (Fsp3) is 0.0625. The molecule has 0 aliphatic carbocycles. The van der Waals surface area contributed by atoms with Crippen molar-refractivity contribution in [2.24, 2.45) is 0 Å². The molecule has 100 valence electrons. The number of carbonyl (C=O) groups is 1. The Morgan fingerprint density at radius 3 is 2.70 bits per heavy atom. The fourth-order valence-electron chi connectivity index (χ4n) is 2.26. The molecule has 2 aromatic carbocycles. The van der Waals surface area contributed by atoms with Crippen LogP contribution in [0.3, 0.4) is 0 Å². The van der Waals surface area contributed by atoms with Gasteiger partial charge in [0.15, 0.2) is 11.5 Å². The predicted octanol–water partition coefficient (Wildman–Crippen LogP) is 3.72. The number of anilines is 1. The molecule has 0 bridgehead atoms. The van der Waals surface area contributed by atoms with Gasteiger partial charge in [-0.1, -0.05) is 24.3 Å². The van der Waals surface area contributed by atoms with Crippen LogP contribution in [0.5, 0.6) is 5.75 Å². The highest BCUT2D eigenvalue weighted by atomic mass is 32.1. The molecular formula is C16H13NO2S. The summed E-state index contributed by atoms with van der Waals surface area (Å²) >= 11 is 1.56. The number of carbonyl (C=O) groups excluding carboxylic acids is 1. The Kier molecular flexibility index (Phi) is 3.16. The van der Waals surface area contributed by atoms with Gasteiger partial charge in [0.05, 0.1) is 18.4 Å². The third-order valence-corrected chi connectivity index (χ3v) is 4.18. The second-order valence-electron chi connectivity index (χ2n) is 4.40. The van der Waals surface area contributed by atoms with Crippen molar-refractivity contribution in [1.29, 1.82) is 0 Å². The van der Waals surface area contributed by atoms with Gasteiger partial charge in [-0.05, 0) is 18.2 Å². The Hall–Kier alpha value is -2.33. The standard InChI is InChI=1S/C16H13NO2S/c1-19-16-11(6-4-7-13(16)17)15(18)12-9-20-14-8-3-2-5-10(12)14/h2-9H,17H2,1H3. The van der Waals surface area contributed by atoms with Crippen LogP contribution in [0.2, 0.25) is 0 Å². The molecule has 4 heteroatoms. The van der Waals surface area contributed by atoms with Crippen molar-refractivity contribution in [2.45, 2.75) is 0 Å². The largest absolute Gasteiger partial charge is 0.494 e. The fourth-order valence-corrected chi connectivity index (χ4v) is 3.20. The Labute approximate surface area is 120 Å². The number of ether oxygens (including phenoxy) is 1. The minimum atomic E-state index is -0.0633. The van der Waals surface area contributed by atoms with Crippen LogP contribution in [0.15, 0.2) is 47.8 Å². The van der Waals surface area contributed by atoms with E-state index in [1.54, 1.807) is 29.5 Å². The number of nitrogen functional groups attached to an aromatic ring is 1. The van der Waals surface area contributed by atoms with Gasteiger partial charge in [-0.15, -0.1) is 11.3 Å². The zero-order valence-corrected chi connectivity index (χ0v) is 11.7. The van der Waals surface area contributed by atoms with Crippen LogP contribution in [-0.4, -0.2) is 12.9 Å². The zero-order chi connectivity index (χ0) is 14.1. The van der Waals surface area contributed by atoms with E-state index in [0.29, 0.717) is 22.6 Å². The minimum Gasteiger partial charge on any atom is -0.494 e. The maximum atomic E-state index is 12.7. The molecule has 0 fully saturated rings. The molecule has 0 aliphatic rings. The Balaban J connectivity index is 2.16. The Morgan fingerprint density at radius 1 is 1.10 bits per heavy atom. The highest BCUT2D eigenvalue weighted by Crippen LogP contribution is 2.32. The molecule has 3 aromatic rings. The molecule has 0 amide bonds. The maximum Gasteiger partial charge on any atom is 0.198 e. The van der Waals surface area contributed by atoms with Crippen LogP contribution in [0.1, 0.15) is 15.9 Å². The van der Waals surface area contributed by atoms with E-state index in [1.807, 2.05) is 29.6 Å². The minimum absolute atomic E-state index is 0.0633. The topological polar surface area (TPSA) is 52.3 Å². The molecule has 0 saturated heterocycles. The van der Waals surface area contributed by atoms with E-state index in [0.717, 1.165) is 10.1 Å². The molecule has 1 heterocycles. The van der Waals surface area contributed by atoms with Crippen molar-refractivity contribution in [3.63, 3.8) is 0 Å². The molecule has 20 heavy (non-hydrogen) atoms. The summed E-state index contributed by atoms with van der Waals surface area (Å²) < 4.78 is 6.36. The first kappa shape index (κ1) is 12.7. The van der Waals surface area contributed by atoms with Crippen LogP contribution < -0.4 is 10.5 Å². The van der Waals surface area contributed by atoms with Gasteiger partial charge < -0.3 is 10.5 Å². The predicted molar refractivity (Wildman–Crippen MR) is 82.7 cm³/mol. The lowest BCUT2D eigenvalue weighted by Gasteiger charge is -2.09. The maximum absolute atomic E-state index is 12.7. The molecule has 0 radical (unpaired) electrons. The second-order valence-corrected chi connectivity index (χ2v) is 5.31. The van der Waals surface area contributed by atoms with Gasteiger partial charge in [-0.2, -0.15) is 0 Å². The number of para-hydroxylation sites is 1. The number of hydrogen-bond donors (Lipinski definition) is 1. The first-order valence-electron chi connectivity index (χ1n) is 6.16. The van der Waals surface area contributed by atoms with Gasteiger partial charge in [0.1, 0.15) is 0 Å². The normalized spacial score (nSPS) is 10.7. The van der Waals surface area contributed by atoms with Crippen molar-refractivity contribution >= 4 is 32.9 Å². The number of nitrogens with two attached hydrogens (primary N) is 1. The van der Waals surface area contributed by atoms with E-state index in [9.17, 15) is 4.79 Å². The van der Waals surface area contributed by atoms with Gasteiger partial charge in [-0.25, -0.2) is 0 Å². The molecule has 0 saturated carbocycles. The van der Waals surface area contributed by atoms with E-state index >= 15 is 0 Å². The van der Waals surface area contributed by atoms with Crippen LogP contribution in [0.25, 0.3) is 10.1 Å². The van der Waals surface area contributed by atoms with Crippen molar-refractivity contribution in [3.8, 4) is 5.75 Å². The average molecular weight is 283 g/mol. The van der Waals surface area contributed by atoms with Crippen molar-refractivity contribution in [1.82, 2.24) is 0 Å². The SMILES string of the molecule is COc1c(N)cccc1C(=O)c1csc2ccccc12. The summed E-state index contributed by atoms with van der Waals surface area (Å²) in [6.45, 7) is 0. The summed E-state index contributed by atoms with van der Waals surface area (Å²) in [4.78, 5) is 12.7. The molecule has 0 aliphatic heterocycles. The van der Waals surface area contributed by atoms with Gasteiger partial charge in [0.25, 0.3) is 0 Å². The van der Waals surface area contributed by atoms with Crippen molar-refractivity contribution in [3.05, 3.63) is 59.0 Å². The zero-order valence-electron chi connectivity index (χ0n) is 10.9. The molecule has 0 atom stereocenters. The van der Waals surface area contributed by atoms with Gasteiger partial charge in [-0.3, -0.25) is 4.79 Å². The number of methoxy groups -OCH3 is 1. The second kappa shape index (κ2) is 4.98. The molecule has 0 spiro atoms. The lowest BCUT2D eigenvalue weighted by atomic mass is 10.0. The molecule has 3 nitrogen and oxygen atoms in total. The van der Waals surface area contributed by atoms with Gasteiger partial charge in [0, 0.05) is 21.0 Å². The molecule has 1 aromatic heterocycles. The van der Waals surface area contributed by atoms with Crippen LogP contribution in [0.4, 0.5) is 5.69 Å². The highest BCUT2D eigenvalue weighted by molar-refractivity contribution is 7.17. The van der Waals surface area contributed by atoms with Crippen LogP contribution >= 0.6 is 11.3 Å². The summed E-state index contributed by atoms with van der Waals surface area (Å²) in [5.41, 5.74) is 7.52. The number of hydrogen-bond acceptors (Lipinski definition) is 4. The average Bonchev–Trinajstić information content (AvgIpc) is 2.90. The van der Waals surface area contributed by atoms with E-state index in [4.69, 9.17) is 10.5 Å². The number of ketones is 1.